The fraction of sp³-hybridized carbons (Fsp3) is 0.357. The maximum Gasteiger partial charge on any atom is 0.130 e. The van der Waals surface area contributed by atoms with E-state index in [4.69, 9.17) is 19.4 Å². The van der Waals surface area contributed by atoms with Crippen molar-refractivity contribution in [2.24, 2.45) is 23.7 Å². The molecule has 7 aromatic rings. The Hall–Kier alpha value is -5.96. The molecule has 2 aliphatic carbocycles. The van der Waals surface area contributed by atoms with Crippen LogP contribution in [0, 0.1) is 23.7 Å². The van der Waals surface area contributed by atoms with E-state index < -0.39 is 12.2 Å². The van der Waals surface area contributed by atoms with Crippen LogP contribution in [0.2, 0.25) is 0 Å². The lowest BCUT2D eigenvalue weighted by Crippen LogP contribution is -2.36. The van der Waals surface area contributed by atoms with E-state index in [0.717, 1.165) is 128 Å². The monoisotopic (exact) mass is 852 g/mol. The highest BCUT2D eigenvalue weighted by molar-refractivity contribution is 6.02. The summed E-state index contributed by atoms with van der Waals surface area (Å²) in [4.78, 5) is 10.4. The zero-order valence-corrected chi connectivity index (χ0v) is 36.3. The van der Waals surface area contributed by atoms with E-state index in [2.05, 4.69) is 60.7 Å². The van der Waals surface area contributed by atoms with Crippen molar-refractivity contribution in [3.05, 3.63) is 165 Å². The lowest BCUT2D eigenvalue weighted by Gasteiger charge is -2.36. The summed E-state index contributed by atoms with van der Waals surface area (Å²) in [5, 5.41) is 50.3. The number of aliphatic hydroxyl groups is 2. The molecule has 0 saturated heterocycles. The summed E-state index contributed by atoms with van der Waals surface area (Å²) in [6, 6.07) is 36.9. The fourth-order valence-corrected chi connectivity index (χ4v) is 11.6. The minimum Gasteiger partial charge on any atom is -0.507 e. The molecule has 8 nitrogen and oxygen atoms in total. The van der Waals surface area contributed by atoms with Crippen LogP contribution in [0.4, 0.5) is 0 Å². The van der Waals surface area contributed by atoms with Gasteiger partial charge in [0.1, 0.15) is 36.2 Å². The van der Waals surface area contributed by atoms with E-state index in [-0.39, 0.29) is 48.4 Å². The number of aliphatic hydroxyl groups excluding tert-OH is 2. The first kappa shape index (κ1) is 40.8. The number of ether oxygens (including phenoxy) is 2. The van der Waals surface area contributed by atoms with E-state index >= 15 is 0 Å². The van der Waals surface area contributed by atoms with Crippen molar-refractivity contribution in [1.29, 1.82) is 0 Å². The highest BCUT2D eigenvalue weighted by atomic mass is 16.5. The molecule has 2 aromatic heterocycles. The van der Waals surface area contributed by atoms with Crippen LogP contribution in [0.5, 0.6) is 23.0 Å². The highest BCUT2D eigenvalue weighted by Crippen LogP contribution is 2.42. The summed E-state index contributed by atoms with van der Waals surface area (Å²) in [5.41, 5.74) is 10.4. The number of aromatic hydroxyl groups is 2. The largest absolute Gasteiger partial charge is 0.507 e. The average molecular weight is 853 g/mol. The van der Waals surface area contributed by atoms with Crippen molar-refractivity contribution in [3.8, 4) is 23.0 Å². The Morgan fingerprint density at radius 2 is 0.750 bits per heavy atom. The van der Waals surface area contributed by atoms with Gasteiger partial charge in [0, 0.05) is 23.6 Å². The normalized spacial score (nSPS) is 23.6. The van der Waals surface area contributed by atoms with Gasteiger partial charge >= 0.3 is 0 Å². The lowest BCUT2D eigenvalue weighted by atomic mass is 9.73. The summed E-state index contributed by atoms with van der Waals surface area (Å²) < 4.78 is 13.8. The van der Waals surface area contributed by atoms with Crippen LogP contribution in [0.3, 0.4) is 0 Å². The third kappa shape index (κ3) is 7.85. The van der Waals surface area contributed by atoms with Gasteiger partial charge in [0.25, 0.3) is 0 Å². The van der Waals surface area contributed by atoms with Crippen molar-refractivity contribution >= 4 is 21.8 Å². The third-order valence-electron chi connectivity index (χ3n) is 15.0. The second kappa shape index (κ2) is 17.2. The van der Waals surface area contributed by atoms with Gasteiger partial charge in [0.15, 0.2) is 0 Å². The SMILES string of the molecule is Oc1c2cccc1CC1CCCC(Cc3cccc4c3OCc3ccc5ccc6ccc(nc6c5n3)COc3c(cccc3CC3CCCC(Cc5cccc(c5O)C4)C3O)C2)C1O. The zero-order valence-electron chi connectivity index (χ0n) is 36.3. The molecule has 2 saturated carbocycles. The predicted octanol–water partition coefficient (Wildman–Crippen LogP) is 10.3. The smallest absolute Gasteiger partial charge is 0.130 e. The minimum absolute atomic E-state index is 0.0100. The first-order valence-electron chi connectivity index (χ1n) is 23.4. The molecular weight excluding hydrogens is 797 g/mol. The van der Waals surface area contributed by atoms with Crippen LogP contribution < -0.4 is 9.47 Å². The number of pyridine rings is 2. The third-order valence-corrected chi connectivity index (χ3v) is 15.0. The van der Waals surface area contributed by atoms with E-state index in [9.17, 15) is 20.4 Å². The summed E-state index contributed by atoms with van der Waals surface area (Å²) >= 11 is 0. The van der Waals surface area contributed by atoms with Gasteiger partial charge in [-0.05, 0) is 132 Å². The van der Waals surface area contributed by atoms with Gasteiger partial charge in [0.2, 0.25) is 0 Å². The highest BCUT2D eigenvalue weighted by Gasteiger charge is 2.35. The van der Waals surface area contributed by atoms with Crippen LogP contribution in [0.1, 0.15) is 94.4 Å². The molecule has 326 valence electrons. The molecule has 2 aliphatic heterocycles. The lowest BCUT2D eigenvalue weighted by molar-refractivity contribution is 0.0171. The van der Waals surface area contributed by atoms with Crippen molar-refractivity contribution in [3.63, 3.8) is 0 Å². The van der Waals surface area contributed by atoms with Crippen LogP contribution in [0.25, 0.3) is 21.8 Å². The molecule has 2 fully saturated rings. The van der Waals surface area contributed by atoms with Crippen molar-refractivity contribution in [2.45, 2.75) is 102 Å². The van der Waals surface area contributed by atoms with Crippen LogP contribution in [0.15, 0.2) is 109 Å². The number of benzene rings is 5. The standard InChI is InChI=1S/C56H56N2O6/c59-51-35-7-1-11-39(51)27-43-15-5-16-44-29-41-13-3-9-37(53(41)61)26-38-10-4-14-42(54(38)62)30-46-18-6-17-45(28-40-12-2-8-36(25-35)52(40)60)56(46)64-32-48-24-22-34-20-19-33-21-23-47(31-63-55(43)44)57-49(33)50(34)58-48/h1,4-7,10-11,14-24,36-37,40-41,52-53,59-62H,2-3,8-9,12-13,25-32H2. The maximum atomic E-state index is 12.2. The van der Waals surface area contributed by atoms with Crippen LogP contribution in [-0.4, -0.2) is 42.6 Å². The van der Waals surface area contributed by atoms with Gasteiger partial charge in [-0.15, -0.1) is 0 Å². The number of hydrogen-bond acceptors (Lipinski definition) is 8. The minimum atomic E-state index is -0.570. The van der Waals surface area contributed by atoms with E-state index in [1.807, 2.05) is 48.5 Å². The number of aromatic nitrogens is 2. The first-order chi connectivity index (χ1) is 31.3. The van der Waals surface area contributed by atoms with Crippen molar-refractivity contribution in [1.82, 2.24) is 9.97 Å². The number of fused-ring (bicyclic) bond motifs is 10. The Morgan fingerprint density at radius 3 is 1.17 bits per heavy atom. The van der Waals surface area contributed by atoms with E-state index in [1.54, 1.807) is 0 Å². The summed E-state index contributed by atoms with van der Waals surface area (Å²) in [6.45, 7) is 0.438. The van der Waals surface area contributed by atoms with Gasteiger partial charge < -0.3 is 29.9 Å². The molecule has 4 aliphatic rings. The molecule has 5 aromatic carbocycles. The Labute approximate surface area is 374 Å². The Balaban J connectivity index is 1.11. The maximum absolute atomic E-state index is 12.2. The van der Waals surface area contributed by atoms with Gasteiger partial charge in [-0.3, -0.25) is 0 Å². The first-order valence-corrected chi connectivity index (χ1v) is 23.4. The number of nitrogens with zero attached hydrogens (tertiary/aromatic N) is 2. The number of rotatable bonds is 0. The average Bonchev–Trinajstić information content (AvgIpc) is 3.30. The quantitative estimate of drug-likeness (QED) is 0.111. The molecule has 4 N–H and O–H groups in total. The van der Waals surface area contributed by atoms with Crippen molar-refractivity contribution in [2.75, 3.05) is 0 Å². The second-order valence-electron chi connectivity index (χ2n) is 19.1. The van der Waals surface area contributed by atoms with Gasteiger partial charge in [-0.25, -0.2) is 9.97 Å². The zero-order chi connectivity index (χ0) is 43.3. The number of hydrogen-bond donors (Lipinski definition) is 4. The molecule has 8 heteroatoms. The second-order valence-corrected chi connectivity index (χ2v) is 19.1. The number of phenols is 2. The van der Waals surface area contributed by atoms with Crippen LogP contribution in [-0.2, 0) is 51.7 Å². The molecule has 0 amide bonds. The fourth-order valence-electron chi connectivity index (χ4n) is 11.6. The van der Waals surface area contributed by atoms with E-state index in [1.165, 1.54) is 0 Å². The molecule has 4 heterocycles. The van der Waals surface area contributed by atoms with Gasteiger partial charge in [-0.1, -0.05) is 110 Å². The molecule has 11 rings (SSSR count). The Morgan fingerprint density at radius 1 is 0.406 bits per heavy atom. The molecule has 14 bridgehead atoms. The Bertz CT molecular complexity index is 2680. The molecular formula is C56H56N2O6. The van der Waals surface area contributed by atoms with Crippen LogP contribution >= 0.6 is 0 Å². The molecule has 6 atom stereocenters. The Kier molecular flexibility index (Phi) is 11.0. The van der Waals surface area contributed by atoms with Gasteiger partial charge in [0.05, 0.1) is 34.6 Å². The number of phenolic OH excluding ortho intramolecular Hbond substituents is 2. The molecule has 0 spiro atoms. The molecule has 64 heavy (non-hydrogen) atoms. The van der Waals surface area contributed by atoms with Gasteiger partial charge in [-0.2, -0.15) is 0 Å². The van der Waals surface area contributed by atoms with E-state index in [0.29, 0.717) is 38.5 Å². The van der Waals surface area contributed by atoms with Crippen molar-refractivity contribution < 1.29 is 29.9 Å². The summed E-state index contributed by atoms with van der Waals surface area (Å²) in [7, 11) is 0. The summed E-state index contributed by atoms with van der Waals surface area (Å²) in [5.74, 6) is 2.00. The number of para-hydroxylation sites is 4. The predicted molar refractivity (Wildman–Crippen MR) is 249 cm³/mol. The molecule has 6 unspecified atom stereocenters. The molecule has 0 radical (unpaired) electrons. The summed E-state index contributed by atoms with van der Waals surface area (Å²) in [6.07, 6.45) is 7.66. The topological polar surface area (TPSA) is 125 Å².